The van der Waals surface area contributed by atoms with Crippen LogP contribution in [0.1, 0.15) is 40.9 Å². The zero-order chi connectivity index (χ0) is 25.8. The van der Waals surface area contributed by atoms with Crippen LogP contribution in [0.25, 0.3) is 0 Å². The van der Waals surface area contributed by atoms with Crippen LogP contribution >= 0.6 is 0 Å². The van der Waals surface area contributed by atoms with Gasteiger partial charge in [-0.25, -0.2) is 0 Å². The van der Waals surface area contributed by atoms with Crippen molar-refractivity contribution in [3.63, 3.8) is 0 Å². The van der Waals surface area contributed by atoms with Crippen molar-refractivity contribution >= 4 is 16.0 Å². The van der Waals surface area contributed by atoms with Crippen molar-refractivity contribution in [1.82, 2.24) is 4.90 Å². The quantitative estimate of drug-likeness (QED) is 0.348. The van der Waals surface area contributed by atoms with Crippen molar-refractivity contribution in [2.45, 2.75) is 38.4 Å². The Morgan fingerprint density at radius 2 is 1.63 bits per heavy atom. The topological polar surface area (TPSA) is 63.7 Å². The van der Waals surface area contributed by atoms with Gasteiger partial charge in [-0.05, 0) is 60.4 Å². The molecule has 0 saturated carbocycles. The summed E-state index contributed by atoms with van der Waals surface area (Å²) in [5.41, 5.74) is 1.15. The van der Waals surface area contributed by atoms with Crippen LogP contribution in [-0.2, 0) is 22.8 Å². The Labute approximate surface area is 203 Å². The van der Waals surface area contributed by atoms with Crippen LogP contribution in [0.15, 0.2) is 77.7 Å². The van der Waals surface area contributed by atoms with E-state index < -0.39 is 26.8 Å². The number of aryl methyl sites for hydroxylation is 1. The molecule has 0 unspecified atom stereocenters. The monoisotopic (exact) mass is 505 g/mol. The Hall–Kier alpha value is -3.33. The lowest BCUT2D eigenvalue weighted by atomic mass is 10.1. The molecule has 3 aromatic rings. The van der Waals surface area contributed by atoms with Crippen LogP contribution in [0.3, 0.4) is 0 Å². The standard InChI is InChI=1S/C26H26F3NO4S/c1-18(2)16-30(25(31)24-10-5-4-7-19(24)3)17-20-11-13-22(14-12-20)34-35(32,33)23-9-6-8-21(15-23)26(27,28)29/h4-15,18H,16-17H2,1-3H3. The summed E-state index contributed by atoms with van der Waals surface area (Å²) in [6.45, 7) is 6.71. The molecule has 0 saturated heterocycles. The van der Waals surface area contributed by atoms with E-state index in [1.807, 2.05) is 39.0 Å². The summed E-state index contributed by atoms with van der Waals surface area (Å²) in [5, 5.41) is 0. The van der Waals surface area contributed by atoms with Gasteiger partial charge in [-0.1, -0.05) is 50.2 Å². The molecule has 0 aliphatic carbocycles. The molecule has 0 heterocycles. The number of rotatable bonds is 8. The first-order valence-corrected chi connectivity index (χ1v) is 12.3. The van der Waals surface area contributed by atoms with Crippen molar-refractivity contribution in [1.29, 1.82) is 0 Å². The molecule has 0 aliphatic rings. The Balaban J connectivity index is 1.77. The highest BCUT2D eigenvalue weighted by Gasteiger charge is 2.32. The minimum atomic E-state index is -4.68. The second-order valence-corrected chi connectivity index (χ2v) is 10.1. The van der Waals surface area contributed by atoms with E-state index in [-0.39, 0.29) is 17.6 Å². The SMILES string of the molecule is Cc1ccccc1C(=O)N(Cc1ccc(OS(=O)(=O)c2cccc(C(F)(F)F)c2)cc1)CC(C)C. The second-order valence-electron chi connectivity index (χ2n) is 8.60. The minimum absolute atomic E-state index is 0.0493. The summed E-state index contributed by atoms with van der Waals surface area (Å²) in [6.07, 6.45) is -4.68. The number of nitrogens with zero attached hydrogens (tertiary/aromatic N) is 1. The molecule has 0 aliphatic heterocycles. The van der Waals surface area contributed by atoms with Crippen LogP contribution in [0.2, 0.25) is 0 Å². The molecule has 35 heavy (non-hydrogen) atoms. The zero-order valence-corrected chi connectivity index (χ0v) is 20.4. The summed E-state index contributed by atoms with van der Waals surface area (Å²) in [7, 11) is -4.47. The summed E-state index contributed by atoms with van der Waals surface area (Å²) < 4.78 is 68.8. The number of hydrogen-bond donors (Lipinski definition) is 0. The highest BCUT2D eigenvalue weighted by molar-refractivity contribution is 7.87. The molecule has 0 spiro atoms. The molecule has 0 fully saturated rings. The lowest BCUT2D eigenvalue weighted by Crippen LogP contribution is -2.34. The van der Waals surface area contributed by atoms with Crippen LogP contribution in [0.4, 0.5) is 13.2 Å². The van der Waals surface area contributed by atoms with Gasteiger partial charge in [0.1, 0.15) is 10.6 Å². The lowest BCUT2D eigenvalue weighted by Gasteiger charge is -2.25. The van der Waals surface area contributed by atoms with Crippen molar-refractivity contribution in [3.05, 3.63) is 95.1 Å². The van der Waals surface area contributed by atoms with Gasteiger partial charge in [-0.15, -0.1) is 0 Å². The summed E-state index contributed by atoms with van der Waals surface area (Å²) in [4.78, 5) is 14.3. The molecule has 9 heteroatoms. The molecule has 1 amide bonds. The number of carbonyl (C=O) groups is 1. The normalized spacial score (nSPS) is 12.0. The number of carbonyl (C=O) groups excluding carboxylic acids is 1. The Bertz CT molecular complexity index is 1290. The number of alkyl halides is 3. The van der Waals surface area contributed by atoms with Gasteiger partial charge in [0.05, 0.1) is 5.56 Å². The van der Waals surface area contributed by atoms with Crippen LogP contribution in [0, 0.1) is 12.8 Å². The van der Waals surface area contributed by atoms with Gasteiger partial charge in [0, 0.05) is 18.7 Å². The Morgan fingerprint density at radius 3 is 2.23 bits per heavy atom. The van der Waals surface area contributed by atoms with Crippen molar-refractivity contribution in [2.24, 2.45) is 5.92 Å². The van der Waals surface area contributed by atoms with E-state index in [1.165, 1.54) is 12.1 Å². The third-order valence-corrected chi connectivity index (χ3v) is 6.44. The Morgan fingerprint density at radius 1 is 0.971 bits per heavy atom. The molecular weight excluding hydrogens is 479 g/mol. The summed E-state index contributed by atoms with van der Waals surface area (Å²) in [5.74, 6) is 0.0687. The average molecular weight is 506 g/mol. The van der Waals surface area contributed by atoms with E-state index >= 15 is 0 Å². The first-order chi connectivity index (χ1) is 16.4. The fourth-order valence-corrected chi connectivity index (χ4v) is 4.49. The molecule has 0 radical (unpaired) electrons. The maximum atomic E-state index is 13.2. The molecule has 0 bridgehead atoms. The smallest absolute Gasteiger partial charge is 0.379 e. The van der Waals surface area contributed by atoms with E-state index in [4.69, 9.17) is 4.18 Å². The third kappa shape index (κ3) is 6.85. The van der Waals surface area contributed by atoms with Gasteiger partial charge >= 0.3 is 16.3 Å². The molecule has 186 valence electrons. The van der Waals surface area contributed by atoms with Gasteiger partial charge in [0.2, 0.25) is 0 Å². The van der Waals surface area contributed by atoms with E-state index in [2.05, 4.69) is 0 Å². The fraction of sp³-hybridized carbons (Fsp3) is 0.269. The first-order valence-electron chi connectivity index (χ1n) is 10.9. The highest BCUT2D eigenvalue weighted by atomic mass is 32.2. The lowest BCUT2D eigenvalue weighted by molar-refractivity contribution is -0.137. The van der Waals surface area contributed by atoms with Gasteiger partial charge in [0.25, 0.3) is 5.91 Å². The number of benzene rings is 3. The molecule has 5 nitrogen and oxygen atoms in total. The van der Waals surface area contributed by atoms with Gasteiger partial charge in [-0.3, -0.25) is 4.79 Å². The molecule has 0 aromatic heterocycles. The molecule has 0 N–H and O–H groups in total. The molecule has 3 aromatic carbocycles. The maximum Gasteiger partial charge on any atom is 0.416 e. The highest BCUT2D eigenvalue weighted by Crippen LogP contribution is 2.31. The van der Waals surface area contributed by atoms with Gasteiger partial charge in [-0.2, -0.15) is 21.6 Å². The molecular formula is C26H26F3NO4S. The first kappa shape index (κ1) is 26.3. The number of halogens is 3. The summed E-state index contributed by atoms with van der Waals surface area (Å²) >= 11 is 0. The number of hydrogen-bond acceptors (Lipinski definition) is 4. The largest absolute Gasteiger partial charge is 0.416 e. The van der Waals surface area contributed by atoms with E-state index in [0.717, 1.165) is 29.3 Å². The Kier molecular flexibility index (Phi) is 7.90. The minimum Gasteiger partial charge on any atom is -0.379 e. The zero-order valence-electron chi connectivity index (χ0n) is 19.5. The average Bonchev–Trinajstić information content (AvgIpc) is 2.79. The van der Waals surface area contributed by atoms with Gasteiger partial charge < -0.3 is 9.08 Å². The third-order valence-electron chi connectivity index (χ3n) is 5.20. The second kappa shape index (κ2) is 10.5. The van der Waals surface area contributed by atoms with Crippen LogP contribution in [0.5, 0.6) is 5.75 Å². The van der Waals surface area contributed by atoms with E-state index in [9.17, 15) is 26.4 Å². The van der Waals surface area contributed by atoms with Crippen molar-refractivity contribution in [3.8, 4) is 5.75 Å². The van der Waals surface area contributed by atoms with E-state index in [1.54, 1.807) is 23.1 Å². The predicted molar refractivity (Wildman–Crippen MR) is 126 cm³/mol. The predicted octanol–water partition coefficient (Wildman–Crippen LogP) is 6.08. The van der Waals surface area contributed by atoms with Crippen molar-refractivity contribution in [2.75, 3.05) is 6.54 Å². The maximum absolute atomic E-state index is 13.2. The molecule has 3 rings (SSSR count). The summed E-state index contributed by atoms with van der Waals surface area (Å²) in [6, 6.07) is 16.8. The molecule has 0 atom stereocenters. The van der Waals surface area contributed by atoms with Crippen LogP contribution in [-0.4, -0.2) is 25.8 Å². The fourth-order valence-electron chi connectivity index (χ4n) is 3.52. The van der Waals surface area contributed by atoms with E-state index in [0.29, 0.717) is 24.7 Å². The van der Waals surface area contributed by atoms with Crippen LogP contribution < -0.4 is 4.18 Å². The van der Waals surface area contributed by atoms with Gasteiger partial charge in [0.15, 0.2) is 0 Å². The number of amides is 1. The van der Waals surface area contributed by atoms with Crippen molar-refractivity contribution < 1.29 is 30.6 Å².